The third kappa shape index (κ3) is 3.99. The molecule has 1 aliphatic rings. The van der Waals surface area contributed by atoms with Gasteiger partial charge in [-0.15, -0.1) is 5.10 Å². The van der Waals surface area contributed by atoms with Gasteiger partial charge in [-0.1, -0.05) is 36.0 Å². The van der Waals surface area contributed by atoms with Crippen molar-refractivity contribution in [2.75, 3.05) is 36.8 Å². The van der Waals surface area contributed by atoms with Crippen molar-refractivity contribution in [1.29, 1.82) is 0 Å². The van der Waals surface area contributed by atoms with Crippen LogP contribution in [-0.4, -0.2) is 67.9 Å². The van der Waals surface area contributed by atoms with Crippen molar-refractivity contribution in [1.82, 2.24) is 30.1 Å². The van der Waals surface area contributed by atoms with E-state index in [1.54, 1.807) is 10.9 Å². The molecule has 0 spiro atoms. The van der Waals surface area contributed by atoms with Crippen LogP contribution in [0.4, 0.5) is 5.82 Å². The Labute approximate surface area is 167 Å². The standard InChI is InChI=1S/C19H21N7OS/c1-15-6-2-3-7-16(15)26-19(21-22-23-26)28-14-18(27)25-12-10-24(11-13-25)17-8-4-5-9-20-17/h2-9H,10-14H2,1H3. The number of nitrogens with zero attached hydrogens (tertiary/aromatic N) is 7. The molecule has 1 aromatic carbocycles. The van der Waals surface area contributed by atoms with Crippen LogP contribution in [0.2, 0.25) is 0 Å². The number of carbonyl (C=O) groups excluding carboxylic acids is 1. The molecule has 0 saturated carbocycles. The lowest BCUT2D eigenvalue weighted by atomic mass is 10.2. The Morgan fingerprint density at radius 1 is 1.07 bits per heavy atom. The molecule has 144 valence electrons. The summed E-state index contributed by atoms with van der Waals surface area (Å²) in [5.41, 5.74) is 2.00. The molecule has 3 aromatic rings. The summed E-state index contributed by atoms with van der Waals surface area (Å²) in [4.78, 5) is 21.1. The number of benzene rings is 1. The van der Waals surface area contributed by atoms with Gasteiger partial charge in [0.05, 0.1) is 11.4 Å². The van der Waals surface area contributed by atoms with Gasteiger partial charge in [0.1, 0.15) is 5.82 Å². The number of thioether (sulfide) groups is 1. The van der Waals surface area contributed by atoms with Crippen LogP contribution < -0.4 is 4.90 Å². The molecule has 1 amide bonds. The van der Waals surface area contributed by atoms with Gasteiger partial charge in [0.15, 0.2) is 0 Å². The first-order valence-electron chi connectivity index (χ1n) is 9.13. The summed E-state index contributed by atoms with van der Waals surface area (Å²) in [5, 5.41) is 12.6. The second kappa shape index (κ2) is 8.39. The molecule has 28 heavy (non-hydrogen) atoms. The number of anilines is 1. The number of hydrogen-bond acceptors (Lipinski definition) is 7. The average Bonchev–Trinajstić information content (AvgIpc) is 3.21. The molecule has 0 N–H and O–H groups in total. The maximum atomic E-state index is 12.6. The highest BCUT2D eigenvalue weighted by molar-refractivity contribution is 7.99. The van der Waals surface area contributed by atoms with Crippen LogP contribution in [0.5, 0.6) is 0 Å². The van der Waals surface area contributed by atoms with E-state index in [-0.39, 0.29) is 5.91 Å². The van der Waals surface area contributed by atoms with Gasteiger partial charge in [0.2, 0.25) is 11.1 Å². The summed E-state index contributed by atoms with van der Waals surface area (Å²) in [6, 6.07) is 13.8. The van der Waals surface area contributed by atoms with Crippen molar-refractivity contribution in [3.8, 4) is 5.69 Å². The quantitative estimate of drug-likeness (QED) is 0.610. The van der Waals surface area contributed by atoms with Crippen LogP contribution in [0.1, 0.15) is 5.56 Å². The molecule has 2 aromatic heterocycles. The number of carbonyl (C=O) groups is 1. The fraction of sp³-hybridized carbons (Fsp3) is 0.316. The number of amides is 1. The fourth-order valence-electron chi connectivity index (χ4n) is 3.16. The first-order chi connectivity index (χ1) is 13.7. The van der Waals surface area contributed by atoms with Gasteiger partial charge in [-0.3, -0.25) is 4.79 Å². The summed E-state index contributed by atoms with van der Waals surface area (Å²) < 4.78 is 1.69. The van der Waals surface area contributed by atoms with Crippen LogP contribution in [0.3, 0.4) is 0 Å². The summed E-state index contributed by atoms with van der Waals surface area (Å²) in [5.74, 6) is 1.38. The number of piperazine rings is 1. The Morgan fingerprint density at radius 3 is 2.61 bits per heavy atom. The second-order valence-corrected chi connectivity index (χ2v) is 7.45. The van der Waals surface area contributed by atoms with Crippen LogP contribution in [0.25, 0.3) is 5.69 Å². The normalized spacial score (nSPS) is 14.3. The van der Waals surface area contributed by atoms with Crippen molar-refractivity contribution in [2.24, 2.45) is 0 Å². The lowest BCUT2D eigenvalue weighted by Gasteiger charge is -2.35. The predicted octanol–water partition coefficient (Wildman–Crippen LogP) is 1.81. The zero-order valence-electron chi connectivity index (χ0n) is 15.6. The lowest BCUT2D eigenvalue weighted by Crippen LogP contribution is -2.49. The molecule has 1 saturated heterocycles. The zero-order chi connectivity index (χ0) is 19.3. The maximum absolute atomic E-state index is 12.6. The number of hydrogen-bond donors (Lipinski definition) is 0. The van der Waals surface area contributed by atoms with Gasteiger partial charge in [0.25, 0.3) is 0 Å². The lowest BCUT2D eigenvalue weighted by molar-refractivity contribution is -0.128. The van der Waals surface area contributed by atoms with Crippen molar-refractivity contribution >= 4 is 23.5 Å². The number of para-hydroxylation sites is 1. The molecule has 1 fully saturated rings. The largest absolute Gasteiger partial charge is 0.353 e. The Kier molecular flexibility index (Phi) is 5.52. The molecular weight excluding hydrogens is 374 g/mol. The first kappa shape index (κ1) is 18.4. The molecule has 1 aliphatic heterocycles. The molecule has 0 radical (unpaired) electrons. The van der Waals surface area contributed by atoms with Gasteiger partial charge >= 0.3 is 0 Å². The van der Waals surface area contributed by atoms with Gasteiger partial charge in [-0.25, -0.2) is 4.98 Å². The number of pyridine rings is 1. The number of rotatable bonds is 5. The number of aromatic nitrogens is 5. The van der Waals surface area contributed by atoms with Crippen LogP contribution in [0, 0.1) is 6.92 Å². The smallest absolute Gasteiger partial charge is 0.233 e. The molecule has 4 rings (SSSR count). The summed E-state index contributed by atoms with van der Waals surface area (Å²) in [6.45, 7) is 4.97. The SMILES string of the molecule is Cc1ccccc1-n1nnnc1SCC(=O)N1CCN(c2ccccn2)CC1. The topological polar surface area (TPSA) is 80.0 Å². The van der Waals surface area contributed by atoms with Crippen LogP contribution in [0.15, 0.2) is 53.8 Å². The predicted molar refractivity (Wildman–Crippen MR) is 108 cm³/mol. The Bertz CT molecular complexity index is 938. The molecule has 0 unspecified atom stereocenters. The highest BCUT2D eigenvalue weighted by atomic mass is 32.2. The van der Waals surface area contributed by atoms with Crippen molar-refractivity contribution < 1.29 is 4.79 Å². The van der Waals surface area contributed by atoms with Crippen LogP contribution in [-0.2, 0) is 4.79 Å². The molecular formula is C19H21N7OS. The molecule has 9 heteroatoms. The van der Waals surface area contributed by atoms with E-state index in [0.29, 0.717) is 24.0 Å². The molecule has 3 heterocycles. The Hall–Kier alpha value is -2.94. The minimum Gasteiger partial charge on any atom is -0.353 e. The molecule has 0 atom stereocenters. The van der Waals surface area contributed by atoms with Crippen LogP contribution >= 0.6 is 11.8 Å². The van der Waals surface area contributed by atoms with Gasteiger partial charge in [0, 0.05) is 32.4 Å². The van der Waals surface area contributed by atoms with E-state index in [4.69, 9.17) is 0 Å². The summed E-state index contributed by atoms with van der Waals surface area (Å²) in [7, 11) is 0. The number of tetrazole rings is 1. The Balaban J connectivity index is 1.34. The van der Waals surface area contributed by atoms with Crippen molar-refractivity contribution in [3.63, 3.8) is 0 Å². The third-order valence-corrected chi connectivity index (χ3v) is 5.62. The van der Waals surface area contributed by atoms with E-state index in [2.05, 4.69) is 25.4 Å². The molecule has 0 aliphatic carbocycles. The van der Waals surface area contributed by atoms with Crippen molar-refractivity contribution in [3.05, 3.63) is 54.2 Å². The van der Waals surface area contributed by atoms with E-state index >= 15 is 0 Å². The van der Waals surface area contributed by atoms with Gasteiger partial charge < -0.3 is 9.80 Å². The maximum Gasteiger partial charge on any atom is 0.233 e. The molecule has 8 nitrogen and oxygen atoms in total. The monoisotopic (exact) mass is 395 g/mol. The molecule has 0 bridgehead atoms. The third-order valence-electron chi connectivity index (χ3n) is 4.71. The second-order valence-electron chi connectivity index (χ2n) is 6.50. The summed E-state index contributed by atoms with van der Waals surface area (Å²) in [6.07, 6.45) is 1.79. The highest BCUT2D eigenvalue weighted by Crippen LogP contribution is 2.21. The zero-order valence-corrected chi connectivity index (χ0v) is 16.4. The van der Waals surface area contributed by atoms with E-state index in [9.17, 15) is 4.79 Å². The fourth-order valence-corrected chi connectivity index (χ4v) is 3.95. The minimum atomic E-state index is 0.102. The van der Waals surface area contributed by atoms with Gasteiger partial charge in [-0.05, 0) is 41.1 Å². The highest BCUT2D eigenvalue weighted by Gasteiger charge is 2.22. The van der Waals surface area contributed by atoms with E-state index in [1.807, 2.05) is 54.3 Å². The number of aryl methyl sites for hydroxylation is 1. The van der Waals surface area contributed by atoms with E-state index in [1.165, 1.54) is 11.8 Å². The average molecular weight is 395 g/mol. The minimum absolute atomic E-state index is 0.102. The van der Waals surface area contributed by atoms with Crippen molar-refractivity contribution in [2.45, 2.75) is 12.1 Å². The summed E-state index contributed by atoms with van der Waals surface area (Å²) >= 11 is 1.37. The van der Waals surface area contributed by atoms with E-state index < -0.39 is 0 Å². The van der Waals surface area contributed by atoms with E-state index in [0.717, 1.165) is 30.2 Å². The Morgan fingerprint density at radius 2 is 1.86 bits per heavy atom. The first-order valence-corrected chi connectivity index (χ1v) is 10.1. The van der Waals surface area contributed by atoms with Gasteiger partial charge in [-0.2, -0.15) is 4.68 Å².